The summed E-state index contributed by atoms with van der Waals surface area (Å²) in [6.07, 6.45) is 4.01. The molecule has 0 spiro atoms. The molecule has 0 saturated carbocycles. The quantitative estimate of drug-likeness (QED) is 0.474. The van der Waals surface area contributed by atoms with E-state index in [0.29, 0.717) is 11.5 Å². The van der Waals surface area contributed by atoms with Crippen molar-refractivity contribution in [1.82, 2.24) is 4.90 Å². The Morgan fingerprint density at radius 3 is 2.61 bits per heavy atom. The number of thioether (sulfide) groups is 1. The monoisotopic (exact) mass is 435 g/mol. The van der Waals surface area contributed by atoms with Gasteiger partial charge in [0.15, 0.2) is 5.17 Å². The van der Waals surface area contributed by atoms with E-state index in [2.05, 4.69) is 52.9 Å². The highest BCUT2D eigenvalue weighted by Gasteiger charge is 2.28. The van der Waals surface area contributed by atoms with Gasteiger partial charge in [-0.1, -0.05) is 43.7 Å². The molecule has 162 valence electrons. The number of nitrogens with zero attached hydrogens (tertiary/aromatic N) is 3. The fourth-order valence-electron chi connectivity index (χ4n) is 3.71. The zero-order valence-corrected chi connectivity index (χ0v) is 19.0. The van der Waals surface area contributed by atoms with Gasteiger partial charge in [0.25, 0.3) is 5.91 Å². The van der Waals surface area contributed by atoms with Crippen LogP contribution in [-0.2, 0) is 4.79 Å². The fraction of sp³-hybridized carbons (Fsp3) is 0.360. The van der Waals surface area contributed by atoms with Crippen LogP contribution in [0, 0.1) is 6.92 Å². The Bertz CT molecular complexity index is 994. The fourth-order valence-corrected chi connectivity index (χ4v) is 4.67. The first-order chi connectivity index (χ1) is 15.1. The summed E-state index contributed by atoms with van der Waals surface area (Å²) in [5.41, 5.74) is 3.46. The normalized spacial score (nSPS) is 17.9. The van der Waals surface area contributed by atoms with E-state index in [-0.39, 0.29) is 5.91 Å². The number of aryl methyl sites for hydroxylation is 1. The molecule has 2 heterocycles. The number of amides is 1. The van der Waals surface area contributed by atoms with Crippen molar-refractivity contribution in [2.24, 2.45) is 4.99 Å². The van der Waals surface area contributed by atoms with Crippen LogP contribution in [0.4, 0.5) is 5.69 Å². The molecule has 0 aromatic heterocycles. The van der Waals surface area contributed by atoms with Crippen molar-refractivity contribution in [3.8, 4) is 5.75 Å². The Morgan fingerprint density at radius 1 is 1.06 bits per heavy atom. The number of hydrogen-bond acceptors (Lipinski definition) is 5. The zero-order chi connectivity index (χ0) is 21.6. The maximum absolute atomic E-state index is 12.6. The van der Waals surface area contributed by atoms with E-state index in [9.17, 15) is 4.79 Å². The molecule has 0 radical (unpaired) electrons. The van der Waals surface area contributed by atoms with Gasteiger partial charge >= 0.3 is 0 Å². The van der Waals surface area contributed by atoms with Gasteiger partial charge in [-0.3, -0.25) is 4.79 Å². The first-order valence-corrected chi connectivity index (χ1v) is 11.8. The van der Waals surface area contributed by atoms with Crippen LogP contribution in [-0.4, -0.2) is 48.8 Å². The molecule has 1 fully saturated rings. The largest absolute Gasteiger partial charge is 0.493 e. The Hall–Kier alpha value is -2.73. The molecule has 2 aliphatic heterocycles. The summed E-state index contributed by atoms with van der Waals surface area (Å²) in [6.45, 7) is 8.51. The van der Waals surface area contributed by atoms with E-state index in [1.165, 1.54) is 23.0 Å². The van der Waals surface area contributed by atoms with Crippen molar-refractivity contribution in [1.29, 1.82) is 0 Å². The minimum absolute atomic E-state index is 0.163. The van der Waals surface area contributed by atoms with Crippen molar-refractivity contribution in [3.05, 3.63) is 64.6 Å². The molecule has 31 heavy (non-hydrogen) atoms. The molecule has 1 saturated heterocycles. The third-order valence-corrected chi connectivity index (χ3v) is 6.53. The van der Waals surface area contributed by atoms with Crippen LogP contribution in [0.25, 0.3) is 6.08 Å². The van der Waals surface area contributed by atoms with Crippen molar-refractivity contribution >= 4 is 34.6 Å². The number of carbonyl (C=O) groups is 1. The van der Waals surface area contributed by atoms with Crippen LogP contribution >= 0.6 is 11.8 Å². The van der Waals surface area contributed by atoms with Gasteiger partial charge in [0.1, 0.15) is 5.75 Å². The van der Waals surface area contributed by atoms with Gasteiger partial charge in [-0.2, -0.15) is 4.99 Å². The molecule has 0 aliphatic carbocycles. The number of amidine groups is 1. The van der Waals surface area contributed by atoms with Gasteiger partial charge in [-0.15, -0.1) is 0 Å². The van der Waals surface area contributed by atoms with E-state index >= 15 is 0 Å². The van der Waals surface area contributed by atoms with Crippen LogP contribution in [0.3, 0.4) is 0 Å². The van der Waals surface area contributed by atoms with Crippen LogP contribution in [0.15, 0.2) is 58.4 Å². The van der Waals surface area contributed by atoms with Crippen molar-refractivity contribution in [2.45, 2.75) is 26.7 Å². The predicted molar refractivity (Wildman–Crippen MR) is 130 cm³/mol. The summed E-state index contributed by atoms with van der Waals surface area (Å²) in [4.78, 5) is 22.2. The molecule has 2 aliphatic rings. The molecule has 0 N–H and O–H groups in total. The maximum Gasteiger partial charge on any atom is 0.286 e. The minimum atomic E-state index is -0.163. The second-order valence-corrected chi connectivity index (χ2v) is 8.87. The molecule has 2 aromatic carbocycles. The minimum Gasteiger partial charge on any atom is -0.493 e. The molecular weight excluding hydrogens is 406 g/mol. The van der Waals surface area contributed by atoms with Gasteiger partial charge in [-0.05, 0) is 54.9 Å². The lowest BCUT2D eigenvalue weighted by Crippen LogP contribution is -2.47. The molecule has 4 rings (SSSR count). The second-order valence-electron chi connectivity index (χ2n) is 7.86. The number of hydrogen-bond donors (Lipinski definition) is 0. The van der Waals surface area contributed by atoms with Crippen LogP contribution in [0.5, 0.6) is 5.75 Å². The lowest BCUT2D eigenvalue weighted by atomic mass is 10.2. The van der Waals surface area contributed by atoms with Gasteiger partial charge in [0.2, 0.25) is 0 Å². The van der Waals surface area contributed by atoms with Gasteiger partial charge in [0, 0.05) is 37.4 Å². The van der Waals surface area contributed by atoms with Crippen molar-refractivity contribution in [2.75, 3.05) is 37.7 Å². The number of piperazine rings is 1. The summed E-state index contributed by atoms with van der Waals surface area (Å²) in [7, 11) is 0. The lowest BCUT2D eigenvalue weighted by molar-refractivity contribution is -0.113. The number of ether oxygens (including phenoxy) is 1. The standard InChI is InChI=1S/C25H29N3O2S/c1-3-4-16-30-22-11-6-5-9-20(22)18-23-24(29)26-25(31-23)28-14-12-27(13-15-28)21-10-7-8-19(2)17-21/h5-11,17-18H,3-4,12-16H2,1-2H3/b23-18+. The van der Waals surface area contributed by atoms with E-state index in [4.69, 9.17) is 4.74 Å². The van der Waals surface area contributed by atoms with E-state index in [1.54, 1.807) is 0 Å². The number of rotatable bonds is 6. The summed E-state index contributed by atoms with van der Waals surface area (Å²) in [5, 5.41) is 0.810. The number of aliphatic imine (C=N–C) groups is 1. The van der Waals surface area contributed by atoms with Crippen molar-refractivity contribution < 1.29 is 9.53 Å². The maximum atomic E-state index is 12.6. The Morgan fingerprint density at radius 2 is 1.84 bits per heavy atom. The van der Waals surface area contributed by atoms with E-state index in [1.807, 2.05) is 30.3 Å². The second kappa shape index (κ2) is 10.1. The third-order valence-electron chi connectivity index (χ3n) is 5.49. The molecule has 6 heteroatoms. The van der Waals surface area contributed by atoms with Crippen LogP contribution in [0.2, 0.25) is 0 Å². The average molecular weight is 436 g/mol. The first kappa shape index (κ1) is 21.5. The van der Waals surface area contributed by atoms with E-state index in [0.717, 1.165) is 55.5 Å². The molecule has 0 unspecified atom stereocenters. The SMILES string of the molecule is CCCCOc1ccccc1/C=C1/SC(N2CCN(c3cccc(C)c3)CC2)=NC1=O. The Labute approximate surface area is 188 Å². The Kier molecular flexibility index (Phi) is 6.97. The number of para-hydroxylation sites is 1. The Balaban J connectivity index is 1.39. The molecule has 1 amide bonds. The van der Waals surface area contributed by atoms with Crippen molar-refractivity contribution in [3.63, 3.8) is 0 Å². The molecule has 0 bridgehead atoms. The van der Waals surface area contributed by atoms with Gasteiger partial charge < -0.3 is 14.5 Å². The molecule has 5 nitrogen and oxygen atoms in total. The molecule has 2 aromatic rings. The van der Waals surface area contributed by atoms with Gasteiger partial charge in [0.05, 0.1) is 11.5 Å². The molecular formula is C25H29N3O2S. The predicted octanol–water partition coefficient (Wildman–Crippen LogP) is 4.97. The number of anilines is 1. The van der Waals surface area contributed by atoms with Crippen LogP contribution < -0.4 is 9.64 Å². The highest BCUT2D eigenvalue weighted by molar-refractivity contribution is 8.18. The number of benzene rings is 2. The first-order valence-electron chi connectivity index (χ1n) is 10.9. The van der Waals surface area contributed by atoms with Crippen LogP contribution in [0.1, 0.15) is 30.9 Å². The smallest absolute Gasteiger partial charge is 0.286 e. The number of carbonyl (C=O) groups excluding carboxylic acids is 1. The van der Waals surface area contributed by atoms with E-state index < -0.39 is 0 Å². The third kappa shape index (κ3) is 5.31. The highest BCUT2D eigenvalue weighted by Crippen LogP contribution is 2.33. The average Bonchev–Trinajstić information content (AvgIpc) is 3.15. The summed E-state index contributed by atoms with van der Waals surface area (Å²) >= 11 is 1.47. The summed E-state index contributed by atoms with van der Waals surface area (Å²) < 4.78 is 5.91. The summed E-state index contributed by atoms with van der Waals surface area (Å²) in [6, 6.07) is 16.5. The highest BCUT2D eigenvalue weighted by atomic mass is 32.2. The summed E-state index contributed by atoms with van der Waals surface area (Å²) in [5.74, 6) is 0.654. The van der Waals surface area contributed by atoms with Gasteiger partial charge in [-0.25, -0.2) is 0 Å². The number of unbranched alkanes of at least 4 members (excludes halogenated alkanes) is 1. The zero-order valence-electron chi connectivity index (χ0n) is 18.2. The lowest BCUT2D eigenvalue weighted by Gasteiger charge is -2.36. The molecule has 0 atom stereocenters. The topological polar surface area (TPSA) is 45.1 Å².